The fourth-order valence-electron chi connectivity index (χ4n) is 1.44. The molecule has 0 fully saturated rings. The quantitative estimate of drug-likeness (QED) is 0.694. The number of hydrogen-bond acceptors (Lipinski definition) is 1. The van der Waals surface area contributed by atoms with Gasteiger partial charge in [-0.05, 0) is 36.1 Å². The van der Waals surface area contributed by atoms with E-state index in [1.807, 2.05) is 0 Å². The van der Waals surface area contributed by atoms with Crippen LogP contribution >= 0.6 is 0 Å². The highest BCUT2D eigenvalue weighted by atomic mass is 14.6. The van der Waals surface area contributed by atoms with Gasteiger partial charge in [-0.3, -0.25) is 0 Å². The molecular formula is C13H29N. The second kappa shape index (κ2) is 5.75. The highest BCUT2D eigenvalue weighted by molar-refractivity contribution is 4.76. The monoisotopic (exact) mass is 199 g/mol. The summed E-state index contributed by atoms with van der Waals surface area (Å²) in [5, 5.41) is 0. The summed E-state index contributed by atoms with van der Waals surface area (Å²) in [5.74, 6) is 2.38. The lowest BCUT2D eigenvalue weighted by molar-refractivity contribution is 0.207. The Kier molecular flexibility index (Phi) is 5.73. The molecule has 14 heavy (non-hydrogen) atoms. The third kappa shape index (κ3) is 4.45. The second-order valence-electron chi connectivity index (χ2n) is 5.89. The standard InChI is InChI=1S/C13H29N/c1-10(2)11(3)7-8-12(4)13(5,6)9-14/h10-12H,7-9,14H2,1-6H3. The molecule has 0 aromatic carbocycles. The normalized spacial score (nSPS) is 17.1. The van der Waals surface area contributed by atoms with Gasteiger partial charge in [0.25, 0.3) is 0 Å². The van der Waals surface area contributed by atoms with E-state index in [9.17, 15) is 0 Å². The number of rotatable bonds is 6. The zero-order valence-corrected chi connectivity index (χ0v) is 10.9. The first-order valence-electron chi connectivity index (χ1n) is 6.01. The van der Waals surface area contributed by atoms with Gasteiger partial charge in [0, 0.05) is 0 Å². The van der Waals surface area contributed by atoms with Crippen LogP contribution in [0.5, 0.6) is 0 Å². The van der Waals surface area contributed by atoms with Gasteiger partial charge in [0.2, 0.25) is 0 Å². The highest BCUT2D eigenvalue weighted by Gasteiger charge is 2.24. The van der Waals surface area contributed by atoms with E-state index in [2.05, 4.69) is 41.5 Å². The zero-order chi connectivity index (χ0) is 11.4. The maximum absolute atomic E-state index is 5.77. The van der Waals surface area contributed by atoms with Gasteiger partial charge in [-0.2, -0.15) is 0 Å². The molecule has 0 aliphatic rings. The van der Waals surface area contributed by atoms with Gasteiger partial charge < -0.3 is 5.73 Å². The summed E-state index contributed by atoms with van der Waals surface area (Å²) in [6.07, 6.45) is 2.64. The van der Waals surface area contributed by atoms with Crippen molar-refractivity contribution >= 4 is 0 Å². The van der Waals surface area contributed by atoms with Crippen molar-refractivity contribution in [2.45, 2.75) is 54.4 Å². The van der Waals surface area contributed by atoms with E-state index in [1.54, 1.807) is 0 Å². The molecule has 1 nitrogen and oxygen atoms in total. The van der Waals surface area contributed by atoms with Gasteiger partial charge in [0.15, 0.2) is 0 Å². The van der Waals surface area contributed by atoms with Crippen LogP contribution in [0.3, 0.4) is 0 Å². The smallest absolute Gasteiger partial charge is 0.00233 e. The molecular weight excluding hydrogens is 170 g/mol. The molecule has 0 saturated carbocycles. The molecule has 2 atom stereocenters. The third-order valence-electron chi connectivity index (χ3n) is 4.05. The minimum Gasteiger partial charge on any atom is -0.330 e. The van der Waals surface area contributed by atoms with Crippen LogP contribution < -0.4 is 5.73 Å². The van der Waals surface area contributed by atoms with Crippen molar-refractivity contribution < 1.29 is 0 Å². The van der Waals surface area contributed by atoms with Crippen LogP contribution in [0.2, 0.25) is 0 Å². The maximum Gasteiger partial charge on any atom is -0.00233 e. The molecule has 2 N–H and O–H groups in total. The van der Waals surface area contributed by atoms with Gasteiger partial charge in [-0.1, -0.05) is 48.0 Å². The van der Waals surface area contributed by atoms with Crippen LogP contribution in [0, 0.1) is 23.2 Å². The fourth-order valence-corrected chi connectivity index (χ4v) is 1.44. The summed E-state index contributed by atoms with van der Waals surface area (Å²) < 4.78 is 0. The third-order valence-corrected chi connectivity index (χ3v) is 4.05. The predicted octanol–water partition coefficient (Wildman–Crippen LogP) is 3.68. The molecule has 0 heterocycles. The van der Waals surface area contributed by atoms with Crippen molar-refractivity contribution in [3.8, 4) is 0 Å². The Labute approximate surface area is 90.5 Å². The highest BCUT2D eigenvalue weighted by Crippen LogP contribution is 2.31. The predicted molar refractivity (Wildman–Crippen MR) is 65.2 cm³/mol. The molecule has 0 rings (SSSR count). The van der Waals surface area contributed by atoms with Crippen molar-refractivity contribution in [3.63, 3.8) is 0 Å². The molecule has 0 aliphatic heterocycles. The zero-order valence-electron chi connectivity index (χ0n) is 10.9. The summed E-state index contributed by atoms with van der Waals surface area (Å²) in [6.45, 7) is 14.7. The lowest BCUT2D eigenvalue weighted by atomic mass is 9.76. The van der Waals surface area contributed by atoms with Crippen LogP contribution in [-0.2, 0) is 0 Å². The van der Waals surface area contributed by atoms with E-state index in [0.29, 0.717) is 5.41 Å². The summed E-state index contributed by atoms with van der Waals surface area (Å²) in [7, 11) is 0. The molecule has 86 valence electrons. The lowest BCUT2D eigenvalue weighted by Crippen LogP contribution is -2.31. The van der Waals surface area contributed by atoms with Crippen LogP contribution in [0.1, 0.15) is 54.4 Å². The molecule has 0 spiro atoms. The number of hydrogen-bond donors (Lipinski definition) is 1. The van der Waals surface area contributed by atoms with E-state index in [4.69, 9.17) is 5.73 Å². The van der Waals surface area contributed by atoms with Gasteiger partial charge in [-0.15, -0.1) is 0 Å². The summed E-state index contributed by atoms with van der Waals surface area (Å²) in [5.41, 5.74) is 6.08. The van der Waals surface area contributed by atoms with Crippen LogP contribution in [0.4, 0.5) is 0 Å². The van der Waals surface area contributed by atoms with Crippen molar-refractivity contribution in [3.05, 3.63) is 0 Å². The van der Waals surface area contributed by atoms with E-state index in [1.165, 1.54) is 12.8 Å². The molecule has 0 bridgehead atoms. The topological polar surface area (TPSA) is 26.0 Å². The minimum atomic E-state index is 0.302. The molecule has 2 unspecified atom stereocenters. The van der Waals surface area contributed by atoms with E-state index in [-0.39, 0.29) is 0 Å². The Morgan fingerprint density at radius 2 is 1.50 bits per heavy atom. The van der Waals surface area contributed by atoms with Crippen molar-refractivity contribution in [2.24, 2.45) is 28.9 Å². The van der Waals surface area contributed by atoms with E-state index < -0.39 is 0 Å². The Bertz CT molecular complexity index is 149. The average Bonchev–Trinajstić information content (AvgIpc) is 2.13. The summed E-state index contributed by atoms with van der Waals surface area (Å²) in [4.78, 5) is 0. The fraction of sp³-hybridized carbons (Fsp3) is 1.00. The Balaban J connectivity index is 3.90. The first-order chi connectivity index (χ1) is 6.31. The Morgan fingerprint density at radius 3 is 1.86 bits per heavy atom. The second-order valence-corrected chi connectivity index (χ2v) is 5.89. The first kappa shape index (κ1) is 14.0. The SMILES string of the molecule is CC(C)C(C)CCC(C)C(C)(C)CN. The van der Waals surface area contributed by atoms with Crippen molar-refractivity contribution in [1.82, 2.24) is 0 Å². The molecule has 0 amide bonds. The van der Waals surface area contributed by atoms with Gasteiger partial charge in [-0.25, -0.2) is 0 Å². The molecule has 0 radical (unpaired) electrons. The molecule has 1 heteroatoms. The van der Waals surface area contributed by atoms with Crippen LogP contribution in [0.25, 0.3) is 0 Å². The van der Waals surface area contributed by atoms with E-state index in [0.717, 1.165) is 24.3 Å². The Morgan fingerprint density at radius 1 is 1.00 bits per heavy atom. The van der Waals surface area contributed by atoms with Crippen molar-refractivity contribution in [2.75, 3.05) is 6.54 Å². The van der Waals surface area contributed by atoms with Gasteiger partial charge >= 0.3 is 0 Å². The molecule has 0 aromatic rings. The van der Waals surface area contributed by atoms with Crippen LogP contribution in [-0.4, -0.2) is 6.54 Å². The summed E-state index contributed by atoms with van der Waals surface area (Å²) >= 11 is 0. The van der Waals surface area contributed by atoms with Gasteiger partial charge in [0.05, 0.1) is 0 Å². The minimum absolute atomic E-state index is 0.302. The van der Waals surface area contributed by atoms with Gasteiger partial charge in [0.1, 0.15) is 0 Å². The lowest BCUT2D eigenvalue weighted by Gasteiger charge is -2.31. The average molecular weight is 199 g/mol. The maximum atomic E-state index is 5.77. The first-order valence-corrected chi connectivity index (χ1v) is 6.01. The number of nitrogens with two attached hydrogens (primary N) is 1. The largest absolute Gasteiger partial charge is 0.330 e. The van der Waals surface area contributed by atoms with Crippen LogP contribution in [0.15, 0.2) is 0 Å². The Hall–Kier alpha value is -0.0400. The molecule has 0 saturated heterocycles. The van der Waals surface area contributed by atoms with Crippen molar-refractivity contribution in [1.29, 1.82) is 0 Å². The molecule has 0 aromatic heterocycles. The van der Waals surface area contributed by atoms with E-state index >= 15 is 0 Å². The summed E-state index contributed by atoms with van der Waals surface area (Å²) in [6, 6.07) is 0. The molecule has 0 aliphatic carbocycles.